The molecule has 44 heavy (non-hydrogen) atoms. The van der Waals surface area contributed by atoms with Gasteiger partial charge in [0, 0.05) is 41.6 Å². The smallest absolute Gasteiger partial charge is 0.506 e. The van der Waals surface area contributed by atoms with E-state index >= 15 is 0 Å². The van der Waals surface area contributed by atoms with Gasteiger partial charge in [-0.1, -0.05) is 0 Å². The van der Waals surface area contributed by atoms with E-state index in [1.54, 1.807) is 24.3 Å². The molecule has 0 atom stereocenters. The maximum Gasteiger partial charge on any atom is 1.00 e. The van der Waals surface area contributed by atoms with E-state index in [1.807, 2.05) is 27.7 Å². The molecule has 14 nitrogen and oxygen atoms in total. The van der Waals surface area contributed by atoms with Crippen molar-refractivity contribution in [2.24, 2.45) is 20.5 Å². The molecule has 0 unspecified atom stereocenters. The molecule has 222 valence electrons. The fourth-order valence-corrected chi connectivity index (χ4v) is 3.36. The van der Waals surface area contributed by atoms with Gasteiger partial charge in [0.05, 0.1) is 9.85 Å². The molecule has 0 spiro atoms. The third-order valence-electron chi connectivity index (χ3n) is 6.05. The number of phenolic OH excluding ortho intramolecular Hbond substituents is 4. The Hall–Kier alpha value is -4.39. The minimum Gasteiger partial charge on any atom is -0.506 e. The zero-order valence-corrected chi connectivity index (χ0v) is 27.6. The van der Waals surface area contributed by atoms with Crippen molar-refractivity contribution in [1.82, 2.24) is 0 Å². The Labute approximate surface area is 284 Å². The van der Waals surface area contributed by atoms with E-state index in [0.717, 1.165) is 34.4 Å². The standard InChI is InChI=1S/2C14H13N3O4.Cr.Na/c2*1-8-5-11(14(19)6-9(8)2)15-16-12-7-10(17(20)21)3-4-13(12)18;;/h2*3-7,18-19H,1-2H3;;/q;;;+1. The van der Waals surface area contributed by atoms with Crippen molar-refractivity contribution in [1.29, 1.82) is 0 Å². The molecule has 0 aliphatic heterocycles. The van der Waals surface area contributed by atoms with Crippen LogP contribution in [0.25, 0.3) is 0 Å². The number of rotatable bonds is 6. The first kappa shape index (κ1) is 37.6. The monoisotopic (exact) mass is 649 g/mol. The van der Waals surface area contributed by atoms with Crippen molar-refractivity contribution in [2.75, 3.05) is 0 Å². The second kappa shape index (κ2) is 16.5. The summed E-state index contributed by atoms with van der Waals surface area (Å²) in [5.74, 6) is -0.557. The minimum atomic E-state index is -0.591. The summed E-state index contributed by atoms with van der Waals surface area (Å²) < 4.78 is 0. The third-order valence-corrected chi connectivity index (χ3v) is 6.05. The molecule has 16 heteroatoms. The molecule has 4 aromatic carbocycles. The van der Waals surface area contributed by atoms with Crippen molar-refractivity contribution >= 4 is 34.1 Å². The molecule has 0 aromatic heterocycles. The van der Waals surface area contributed by atoms with Crippen molar-refractivity contribution < 1.29 is 77.2 Å². The molecule has 0 aliphatic rings. The van der Waals surface area contributed by atoms with Crippen LogP contribution in [0.1, 0.15) is 22.3 Å². The Morgan fingerprint density at radius 1 is 0.500 bits per heavy atom. The number of nitrogens with zero attached hydrogens (tertiary/aromatic N) is 6. The Bertz CT molecular complexity index is 1620. The van der Waals surface area contributed by atoms with Gasteiger partial charge in [-0.15, -0.1) is 20.5 Å². The fourth-order valence-electron chi connectivity index (χ4n) is 3.36. The van der Waals surface area contributed by atoms with Gasteiger partial charge < -0.3 is 20.4 Å². The van der Waals surface area contributed by atoms with Gasteiger partial charge in [-0.3, -0.25) is 20.2 Å². The van der Waals surface area contributed by atoms with Gasteiger partial charge in [0.2, 0.25) is 0 Å². The topological polar surface area (TPSA) is 217 Å². The molecule has 0 heterocycles. The largest absolute Gasteiger partial charge is 1.00 e. The van der Waals surface area contributed by atoms with Gasteiger partial charge in [0.1, 0.15) is 45.7 Å². The van der Waals surface area contributed by atoms with E-state index in [-0.39, 0.29) is 104 Å². The van der Waals surface area contributed by atoms with Crippen LogP contribution >= 0.6 is 0 Å². The molecule has 0 amide bonds. The number of nitro groups is 2. The quantitative estimate of drug-likeness (QED) is 0.0953. The predicted octanol–water partition coefficient (Wildman–Crippen LogP) is 5.08. The van der Waals surface area contributed by atoms with E-state index < -0.39 is 9.85 Å². The number of aryl methyl sites for hydroxylation is 4. The number of phenols is 4. The van der Waals surface area contributed by atoms with Crippen LogP contribution in [0.4, 0.5) is 34.1 Å². The second-order valence-electron chi connectivity index (χ2n) is 9.11. The van der Waals surface area contributed by atoms with Gasteiger partial charge in [-0.2, -0.15) is 0 Å². The maximum absolute atomic E-state index is 10.7. The minimum absolute atomic E-state index is 0. The fraction of sp³-hybridized carbons (Fsp3) is 0.143. The predicted molar refractivity (Wildman–Crippen MR) is 153 cm³/mol. The van der Waals surface area contributed by atoms with Crippen LogP contribution < -0.4 is 29.6 Å². The summed E-state index contributed by atoms with van der Waals surface area (Å²) in [7, 11) is 0. The van der Waals surface area contributed by atoms with Gasteiger partial charge in [-0.05, 0) is 86.3 Å². The van der Waals surface area contributed by atoms with Crippen LogP contribution in [0.3, 0.4) is 0 Å². The van der Waals surface area contributed by atoms with Crippen LogP contribution in [-0.2, 0) is 17.4 Å². The van der Waals surface area contributed by atoms with Gasteiger partial charge in [0.25, 0.3) is 11.4 Å². The summed E-state index contributed by atoms with van der Waals surface area (Å²) in [4.78, 5) is 20.2. The Morgan fingerprint density at radius 3 is 1.07 bits per heavy atom. The zero-order valence-electron chi connectivity index (χ0n) is 24.3. The number of hydrogen-bond acceptors (Lipinski definition) is 12. The molecule has 0 fully saturated rings. The molecule has 0 radical (unpaired) electrons. The average Bonchev–Trinajstić information content (AvgIpc) is 2.93. The van der Waals surface area contributed by atoms with E-state index in [1.165, 1.54) is 24.3 Å². The molecule has 4 aromatic rings. The van der Waals surface area contributed by atoms with E-state index in [0.29, 0.717) is 0 Å². The van der Waals surface area contributed by atoms with E-state index in [4.69, 9.17) is 0 Å². The molecule has 4 rings (SSSR count). The van der Waals surface area contributed by atoms with Gasteiger partial charge in [0.15, 0.2) is 0 Å². The summed E-state index contributed by atoms with van der Waals surface area (Å²) in [5, 5.41) is 75.4. The van der Waals surface area contributed by atoms with Crippen molar-refractivity contribution in [3.8, 4) is 23.0 Å². The Kier molecular flexibility index (Phi) is 14.1. The van der Waals surface area contributed by atoms with E-state index in [9.17, 15) is 40.7 Å². The van der Waals surface area contributed by atoms with Crippen LogP contribution in [0.15, 0.2) is 81.1 Å². The first-order chi connectivity index (χ1) is 19.8. The third kappa shape index (κ3) is 9.83. The summed E-state index contributed by atoms with van der Waals surface area (Å²) in [6.45, 7) is 7.42. The molecule has 0 saturated heterocycles. The first-order valence-electron chi connectivity index (χ1n) is 12.2. The van der Waals surface area contributed by atoms with Crippen molar-refractivity contribution in [2.45, 2.75) is 27.7 Å². The van der Waals surface area contributed by atoms with Crippen LogP contribution in [0, 0.1) is 47.9 Å². The molecule has 0 aliphatic carbocycles. The molecular weight excluding hydrogens is 623 g/mol. The second-order valence-corrected chi connectivity index (χ2v) is 9.11. The van der Waals surface area contributed by atoms with E-state index in [2.05, 4.69) is 20.5 Å². The SMILES string of the molecule is Cc1cc(O)c(N=Nc2cc([N+](=O)[O-])ccc2O)cc1C.Cc1cc(O)c(N=Nc2cc([N+](=O)[O-])ccc2O)cc1C.[Cr].[Na+]. The number of nitro benzene ring substituents is 2. The normalized spacial score (nSPS) is 10.5. The first-order valence-corrected chi connectivity index (χ1v) is 12.2. The molecule has 0 bridgehead atoms. The number of azo groups is 2. The number of hydrogen-bond donors (Lipinski definition) is 4. The van der Waals surface area contributed by atoms with Crippen LogP contribution in [-0.4, -0.2) is 30.3 Å². The summed E-state index contributed by atoms with van der Waals surface area (Å²) >= 11 is 0. The average molecular weight is 650 g/mol. The van der Waals surface area contributed by atoms with Crippen LogP contribution in [0.2, 0.25) is 0 Å². The van der Waals surface area contributed by atoms with Gasteiger partial charge in [-0.25, -0.2) is 0 Å². The van der Waals surface area contributed by atoms with Crippen molar-refractivity contribution in [3.05, 3.63) is 103 Å². The van der Waals surface area contributed by atoms with Gasteiger partial charge >= 0.3 is 29.6 Å². The Morgan fingerprint density at radius 2 is 0.773 bits per heavy atom. The zero-order chi connectivity index (χ0) is 31.1. The Balaban J connectivity index is 0.000000421. The number of benzene rings is 4. The molecule has 4 N–H and O–H groups in total. The summed E-state index contributed by atoms with van der Waals surface area (Å²) in [5.41, 5.74) is 3.62. The van der Waals surface area contributed by atoms with Crippen molar-refractivity contribution in [3.63, 3.8) is 0 Å². The number of aromatic hydroxyl groups is 4. The molecule has 0 saturated carbocycles. The summed E-state index contributed by atoms with van der Waals surface area (Å²) in [6.07, 6.45) is 0. The number of non-ortho nitro benzene ring substituents is 2. The maximum atomic E-state index is 10.7. The molecular formula is C28H26CrN6NaO8+. The van der Waals surface area contributed by atoms with Crippen LogP contribution in [0.5, 0.6) is 23.0 Å². The summed E-state index contributed by atoms with van der Waals surface area (Å²) in [6, 6.07) is 13.3.